The van der Waals surface area contributed by atoms with Crippen LogP contribution in [0.25, 0.3) is 11.4 Å². The van der Waals surface area contributed by atoms with E-state index in [1.165, 1.54) is 18.3 Å². The summed E-state index contributed by atoms with van der Waals surface area (Å²) in [4.78, 5) is 3.87. The highest BCUT2D eigenvalue weighted by molar-refractivity contribution is 5.55. The second-order valence-corrected chi connectivity index (χ2v) is 2.78. The van der Waals surface area contributed by atoms with Gasteiger partial charge in [-0.2, -0.15) is 0 Å². The van der Waals surface area contributed by atoms with Crippen molar-refractivity contribution in [1.82, 2.24) is 15.2 Å². The lowest BCUT2D eigenvalue weighted by Crippen LogP contribution is -2.09. The summed E-state index contributed by atoms with van der Waals surface area (Å²) >= 11 is 0. The van der Waals surface area contributed by atoms with Crippen LogP contribution in [-0.4, -0.2) is 15.2 Å². The van der Waals surface area contributed by atoms with Crippen LogP contribution in [0, 0.1) is 5.82 Å². The molecule has 0 saturated carbocycles. The van der Waals surface area contributed by atoms with Gasteiger partial charge in [-0.05, 0) is 24.3 Å². The summed E-state index contributed by atoms with van der Waals surface area (Å²) in [6.07, 6.45) is 1.50. The number of hydrogen-bond donors (Lipinski definition) is 2. The van der Waals surface area contributed by atoms with Crippen LogP contribution in [0.15, 0.2) is 30.5 Å². The lowest BCUT2D eigenvalue weighted by atomic mass is 10.2. The maximum Gasteiger partial charge on any atom is 0.162 e. The number of anilines is 1. The Morgan fingerprint density at radius 2 is 2.07 bits per heavy atom. The molecule has 0 spiro atoms. The molecule has 0 aliphatic heterocycles. The summed E-state index contributed by atoms with van der Waals surface area (Å²) < 4.78 is 13.3. The van der Waals surface area contributed by atoms with Crippen molar-refractivity contribution in [3.8, 4) is 11.4 Å². The Bertz CT molecular complexity index is 456. The van der Waals surface area contributed by atoms with Gasteiger partial charge in [0.1, 0.15) is 11.4 Å². The largest absolute Gasteiger partial charge is 0.307 e. The molecule has 2 rings (SSSR count). The number of nitrogen functional groups attached to an aromatic ring is 1. The number of nitrogens with two attached hydrogens (primary N) is 1. The number of halogens is 1. The normalized spacial score (nSPS) is 10.0. The number of aromatic nitrogens is 3. The van der Waals surface area contributed by atoms with Crippen LogP contribution in [0.1, 0.15) is 0 Å². The predicted octanol–water partition coefficient (Wildman–Crippen LogP) is 0.963. The summed E-state index contributed by atoms with van der Waals surface area (Å²) in [5, 5.41) is 7.51. The van der Waals surface area contributed by atoms with Gasteiger partial charge >= 0.3 is 0 Å². The summed E-state index contributed by atoms with van der Waals surface area (Å²) in [6.45, 7) is 0. The molecule has 0 radical (unpaired) electrons. The summed E-state index contributed by atoms with van der Waals surface area (Å²) in [5.74, 6) is 5.11. The Hall–Kier alpha value is -2.08. The van der Waals surface area contributed by atoms with Crippen molar-refractivity contribution in [3.63, 3.8) is 0 Å². The van der Waals surface area contributed by atoms with Crippen molar-refractivity contribution in [2.45, 2.75) is 0 Å². The molecule has 2 heterocycles. The fraction of sp³-hybridized carbons (Fsp3) is 0. The Labute approximate surface area is 85.1 Å². The molecular formula is C9H8FN5. The van der Waals surface area contributed by atoms with Crippen LogP contribution in [-0.2, 0) is 0 Å². The molecule has 0 atom stereocenters. The van der Waals surface area contributed by atoms with Gasteiger partial charge in [-0.1, -0.05) is 0 Å². The van der Waals surface area contributed by atoms with Crippen molar-refractivity contribution in [1.29, 1.82) is 0 Å². The van der Waals surface area contributed by atoms with Gasteiger partial charge in [-0.15, -0.1) is 10.2 Å². The molecule has 2 aromatic heterocycles. The van der Waals surface area contributed by atoms with E-state index >= 15 is 0 Å². The highest BCUT2D eigenvalue weighted by Gasteiger charge is 2.07. The molecule has 0 bridgehead atoms. The SMILES string of the molecule is NNc1ccc(-c2ncccc2F)nn1. The molecule has 0 fully saturated rings. The summed E-state index contributed by atoms with van der Waals surface area (Å²) in [6, 6.07) is 6.02. The van der Waals surface area contributed by atoms with Gasteiger partial charge in [0, 0.05) is 6.20 Å². The first-order valence-corrected chi connectivity index (χ1v) is 4.22. The van der Waals surface area contributed by atoms with E-state index in [0.717, 1.165) is 0 Å². The van der Waals surface area contributed by atoms with E-state index in [9.17, 15) is 4.39 Å². The standard InChI is InChI=1S/C9H8FN5/c10-6-2-1-5-12-9(6)7-3-4-8(13-11)15-14-7/h1-5H,11H2,(H,13,15). The van der Waals surface area contributed by atoms with Crippen LogP contribution >= 0.6 is 0 Å². The molecule has 0 aliphatic rings. The first-order chi connectivity index (χ1) is 7.31. The minimum Gasteiger partial charge on any atom is -0.307 e. The minimum atomic E-state index is -0.430. The van der Waals surface area contributed by atoms with E-state index < -0.39 is 5.82 Å². The molecule has 0 aliphatic carbocycles. The zero-order chi connectivity index (χ0) is 10.7. The fourth-order valence-corrected chi connectivity index (χ4v) is 1.11. The Morgan fingerprint density at radius 3 is 2.67 bits per heavy atom. The fourth-order valence-electron chi connectivity index (χ4n) is 1.11. The number of hydrogen-bond acceptors (Lipinski definition) is 5. The first kappa shape index (κ1) is 9.47. The third kappa shape index (κ3) is 1.89. The molecule has 0 unspecified atom stereocenters. The average Bonchev–Trinajstić information content (AvgIpc) is 2.30. The molecule has 15 heavy (non-hydrogen) atoms. The number of nitrogens with zero attached hydrogens (tertiary/aromatic N) is 3. The molecular weight excluding hydrogens is 197 g/mol. The topological polar surface area (TPSA) is 76.7 Å². The van der Waals surface area contributed by atoms with Gasteiger partial charge in [0.05, 0.1) is 0 Å². The molecule has 2 aromatic rings. The van der Waals surface area contributed by atoms with E-state index in [1.807, 2.05) is 0 Å². The van der Waals surface area contributed by atoms with Crippen molar-refractivity contribution >= 4 is 5.82 Å². The van der Waals surface area contributed by atoms with Crippen LogP contribution in [0.3, 0.4) is 0 Å². The molecule has 76 valence electrons. The second-order valence-electron chi connectivity index (χ2n) is 2.78. The minimum absolute atomic E-state index is 0.175. The van der Waals surface area contributed by atoms with E-state index in [1.54, 1.807) is 12.1 Å². The van der Waals surface area contributed by atoms with Crippen molar-refractivity contribution in [2.24, 2.45) is 5.84 Å². The van der Waals surface area contributed by atoms with Crippen molar-refractivity contribution < 1.29 is 4.39 Å². The Balaban J connectivity index is 2.42. The predicted molar refractivity (Wildman–Crippen MR) is 53.0 cm³/mol. The van der Waals surface area contributed by atoms with Gasteiger partial charge in [0.2, 0.25) is 0 Å². The van der Waals surface area contributed by atoms with E-state index in [-0.39, 0.29) is 5.69 Å². The maximum absolute atomic E-state index is 13.3. The van der Waals surface area contributed by atoms with Gasteiger partial charge in [-0.3, -0.25) is 4.98 Å². The van der Waals surface area contributed by atoms with E-state index in [2.05, 4.69) is 20.6 Å². The summed E-state index contributed by atoms with van der Waals surface area (Å²) in [5.41, 5.74) is 2.87. The van der Waals surface area contributed by atoms with Crippen LogP contribution < -0.4 is 11.3 Å². The third-order valence-electron chi connectivity index (χ3n) is 1.81. The first-order valence-electron chi connectivity index (χ1n) is 4.22. The molecule has 3 N–H and O–H groups in total. The Morgan fingerprint density at radius 1 is 1.20 bits per heavy atom. The highest BCUT2D eigenvalue weighted by Crippen LogP contribution is 2.17. The highest BCUT2D eigenvalue weighted by atomic mass is 19.1. The summed E-state index contributed by atoms with van der Waals surface area (Å²) in [7, 11) is 0. The van der Waals surface area contributed by atoms with Gasteiger partial charge < -0.3 is 5.43 Å². The third-order valence-corrected chi connectivity index (χ3v) is 1.81. The van der Waals surface area contributed by atoms with Crippen LogP contribution in [0.2, 0.25) is 0 Å². The monoisotopic (exact) mass is 205 g/mol. The smallest absolute Gasteiger partial charge is 0.162 e. The van der Waals surface area contributed by atoms with Gasteiger partial charge in [-0.25, -0.2) is 10.2 Å². The average molecular weight is 205 g/mol. The number of hydrazine groups is 1. The van der Waals surface area contributed by atoms with Gasteiger partial charge in [0.25, 0.3) is 0 Å². The zero-order valence-corrected chi connectivity index (χ0v) is 7.68. The van der Waals surface area contributed by atoms with E-state index in [0.29, 0.717) is 11.5 Å². The number of nitrogens with one attached hydrogen (secondary N) is 1. The quantitative estimate of drug-likeness (QED) is 0.564. The lowest BCUT2D eigenvalue weighted by Gasteiger charge is -2.01. The molecule has 6 heteroatoms. The molecule has 0 aromatic carbocycles. The van der Waals surface area contributed by atoms with Crippen LogP contribution in [0.5, 0.6) is 0 Å². The van der Waals surface area contributed by atoms with E-state index in [4.69, 9.17) is 5.84 Å². The zero-order valence-electron chi connectivity index (χ0n) is 7.68. The maximum atomic E-state index is 13.3. The van der Waals surface area contributed by atoms with Crippen molar-refractivity contribution in [2.75, 3.05) is 5.43 Å². The van der Waals surface area contributed by atoms with Gasteiger partial charge in [0.15, 0.2) is 11.6 Å². The number of rotatable bonds is 2. The Kier molecular flexibility index (Phi) is 2.51. The second kappa shape index (κ2) is 3.97. The molecule has 0 amide bonds. The lowest BCUT2D eigenvalue weighted by molar-refractivity contribution is 0.624. The van der Waals surface area contributed by atoms with Crippen LogP contribution in [0.4, 0.5) is 10.2 Å². The van der Waals surface area contributed by atoms with Crippen molar-refractivity contribution in [3.05, 3.63) is 36.3 Å². The molecule has 5 nitrogen and oxygen atoms in total. The number of pyridine rings is 1. The molecule has 0 saturated heterocycles.